The van der Waals surface area contributed by atoms with Crippen LogP contribution in [0, 0.1) is 0 Å². The molecule has 1 amide bonds. The predicted molar refractivity (Wildman–Crippen MR) is 161 cm³/mol. The van der Waals surface area contributed by atoms with Crippen LogP contribution < -0.4 is 14.8 Å². The van der Waals surface area contributed by atoms with E-state index in [-0.39, 0.29) is 13.2 Å². The molecule has 0 heterocycles. The third-order valence-electron chi connectivity index (χ3n) is 6.31. The van der Waals surface area contributed by atoms with Gasteiger partial charge in [0.2, 0.25) is 0 Å². The average Bonchev–Trinajstić information content (AvgIpc) is 2.94. The monoisotopic (exact) mass is 583 g/mol. The van der Waals surface area contributed by atoms with Gasteiger partial charge in [-0.1, -0.05) is 56.7 Å². The number of hydrogen-bond donors (Lipinski definition) is 1. The van der Waals surface area contributed by atoms with Gasteiger partial charge in [0.25, 0.3) is 0 Å². The zero-order valence-electron chi connectivity index (χ0n) is 24.9. The van der Waals surface area contributed by atoms with Gasteiger partial charge in [-0.15, -0.1) is 0 Å². The number of ether oxygens (including phenoxy) is 3. The molecule has 0 aromatic heterocycles. The van der Waals surface area contributed by atoms with E-state index < -0.39 is 23.4 Å². The number of hydrogen-bond acceptors (Lipinski definition) is 4. The second-order valence-electron chi connectivity index (χ2n) is 10.8. The van der Waals surface area contributed by atoms with Gasteiger partial charge in [0, 0.05) is 0 Å². The van der Waals surface area contributed by atoms with Gasteiger partial charge in [-0.3, -0.25) is 0 Å². The molecule has 0 fully saturated rings. The number of allylic oxidation sites excluding steroid dienone is 1. The van der Waals surface area contributed by atoms with Crippen molar-refractivity contribution in [2.75, 3.05) is 19.8 Å². The number of amides is 1. The number of unbranched alkanes of at least 4 members (excludes halogenated alkanes) is 1. The molecule has 3 rings (SSSR count). The van der Waals surface area contributed by atoms with Crippen molar-refractivity contribution in [2.45, 2.75) is 65.7 Å². The van der Waals surface area contributed by atoms with Crippen LogP contribution in [0.5, 0.6) is 11.5 Å². The molecule has 0 unspecified atom stereocenters. The van der Waals surface area contributed by atoms with Gasteiger partial charge in [-0.2, -0.15) is 13.2 Å². The highest BCUT2D eigenvalue weighted by atomic mass is 19.4. The number of rotatable bonds is 12. The first-order valence-corrected chi connectivity index (χ1v) is 14.3. The van der Waals surface area contributed by atoms with Crippen LogP contribution >= 0.6 is 0 Å². The normalized spacial score (nSPS) is 12.4. The first-order valence-electron chi connectivity index (χ1n) is 14.3. The maximum absolute atomic E-state index is 13.2. The third kappa shape index (κ3) is 9.86. The third-order valence-corrected chi connectivity index (χ3v) is 6.31. The zero-order chi connectivity index (χ0) is 30.8. The molecule has 0 saturated heterocycles. The van der Waals surface area contributed by atoms with Crippen molar-refractivity contribution < 1.29 is 32.2 Å². The van der Waals surface area contributed by atoms with Crippen LogP contribution in [0.1, 0.15) is 76.1 Å². The smallest absolute Gasteiger partial charge is 0.416 e. The quantitative estimate of drug-likeness (QED) is 0.171. The van der Waals surface area contributed by atoms with Crippen LogP contribution in [0.4, 0.5) is 18.0 Å². The van der Waals surface area contributed by atoms with Crippen molar-refractivity contribution in [2.24, 2.45) is 0 Å². The van der Waals surface area contributed by atoms with Crippen molar-refractivity contribution in [3.63, 3.8) is 0 Å². The molecule has 1 N–H and O–H groups in total. The highest BCUT2D eigenvalue weighted by Crippen LogP contribution is 2.37. The fourth-order valence-electron chi connectivity index (χ4n) is 4.31. The number of nitrogens with one attached hydrogen (secondary N) is 1. The van der Waals surface area contributed by atoms with E-state index in [0.29, 0.717) is 18.8 Å². The molecule has 8 heteroatoms. The first-order chi connectivity index (χ1) is 19.9. The molecule has 0 radical (unpaired) electrons. The SMILES string of the molecule is CCCCOc1ccc(/C(=C(\CC)c2ccc(C(F)(F)F)cc2)c2ccc(OCCNC(=O)OC(C)(C)C)cc2)cc1. The molecule has 3 aromatic rings. The molecule has 0 aliphatic carbocycles. The highest BCUT2D eigenvalue weighted by Gasteiger charge is 2.30. The van der Waals surface area contributed by atoms with E-state index in [4.69, 9.17) is 14.2 Å². The van der Waals surface area contributed by atoms with Crippen molar-refractivity contribution in [3.05, 3.63) is 95.1 Å². The maximum Gasteiger partial charge on any atom is 0.416 e. The van der Waals surface area contributed by atoms with E-state index in [1.165, 1.54) is 12.1 Å². The summed E-state index contributed by atoms with van der Waals surface area (Å²) in [4.78, 5) is 11.8. The minimum atomic E-state index is -4.40. The lowest BCUT2D eigenvalue weighted by molar-refractivity contribution is -0.137. The topological polar surface area (TPSA) is 56.8 Å². The predicted octanol–water partition coefficient (Wildman–Crippen LogP) is 9.16. The van der Waals surface area contributed by atoms with Gasteiger partial charge >= 0.3 is 12.3 Å². The first kappa shape index (κ1) is 32.6. The summed E-state index contributed by atoms with van der Waals surface area (Å²) < 4.78 is 56.5. The molecule has 0 aliphatic rings. The molecule has 0 aliphatic heterocycles. The van der Waals surface area contributed by atoms with Crippen LogP contribution in [0.2, 0.25) is 0 Å². The van der Waals surface area contributed by atoms with Crippen LogP contribution in [0.3, 0.4) is 0 Å². The summed E-state index contributed by atoms with van der Waals surface area (Å²) in [5.74, 6) is 1.39. The molecule has 0 bridgehead atoms. The Kier molecular flexibility index (Phi) is 11.5. The number of benzene rings is 3. The van der Waals surface area contributed by atoms with Crippen molar-refractivity contribution in [1.29, 1.82) is 0 Å². The Balaban J connectivity index is 1.88. The number of halogens is 3. The Morgan fingerprint density at radius 2 is 1.24 bits per heavy atom. The van der Waals surface area contributed by atoms with E-state index in [1.807, 2.05) is 55.5 Å². The fraction of sp³-hybridized carbons (Fsp3) is 0.382. The second kappa shape index (κ2) is 14.8. The van der Waals surface area contributed by atoms with Crippen LogP contribution in [0.15, 0.2) is 72.8 Å². The van der Waals surface area contributed by atoms with Crippen molar-refractivity contribution >= 4 is 17.2 Å². The summed E-state index contributed by atoms with van der Waals surface area (Å²) in [6, 6.07) is 20.6. The summed E-state index contributed by atoms with van der Waals surface area (Å²) in [6.45, 7) is 10.7. The average molecular weight is 584 g/mol. The molecular weight excluding hydrogens is 543 g/mol. The van der Waals surface area contributed by atoms with E-state index in [2.05, 4.69) is 12.2 Å². The zero-order valence-corrected chi connectivity index (χ0v) is 24.9. The number of alkyl halides is 3. The lowest BCUT2D eigenvalue weighted by atomic mass is 9.88. The maximum atomic E-state index is 13.2. The van der Waals surface area contributed by atoms with E-state index in [0.717, 1.165) is 58.6 Å². The Bertz CT molecular complexity index is 1310. The Hall–Kier alpha value is -3.94. The fourth-order valence-corrected chi connectivity index (χ4v) is 4.31. The van der Waals surface area contributed by atoms with Crippen LogP contribution in [-0.4, -0.2) is 31.5 Å². The Morgan fingerprint density at radius 3 is 1.69 bits per heavy atom. The van der Waals surface area contributed by atoms with Gasteiger partial charge in [0.05, 0.1) is 18.7 Å². The molecule has 0 atom stereocenters. The van der Waals surface area contributed by atoms with Gasteiger partial charge in [0.1, 0.15) is 23.7 Å². The lowest BCUT2D eigenvalue weighted by Crippen LogP contribution is -2.34. The molecule has 0 saturated carbocycles. The van der Waals surface area contributed by atoms with E-state index >= 15 is 0 Å². The minimum Gasteiger partial charge on any atom is -0.494 e. The van der Waals surface area contributed by atoms with E-state index in [9.17, 15) is 18.0 Å². The molecule has 226 valence electrons. The molecule has 3 aromatic carbocycles. The highest BCUT2D eigenvalue weighted by molar-refractivity contribution is 5.98. The summed E-state index contributed by atoms with van der Waals surface area (Å²) in [7, 11) is 0. The van der Waals surface area contributed by atoms with Gasteiger partial charge in [-0.25, -0.2) is 4.79 Å². The Labute approximate surface area is 246 Å². The van der Waals surface area contributed by atoms with Crippen LogP contribution in [-0.2, 0) is 10.9 Å². The summed E-state index contributed by atoms with van der Waals surface area (Å²) >= 11 is 0. The summed E-state index contributed by atoms with van der Waals surface area (Å²) in [5, 5.41) is 2.66. The largest absolute Gasteiger partial charge is 0.494 e. The van der Waals surface area contributed by atoms with Gasteiger partial charge in [0.15, 0.2) is 0 Å². The number of alkyl carbamates (subject to hydrolysis) is 1. The Morgan fingerprint density at radius 1 is 0.738 bits per heavy atom. The van der Waals surface area contributed by atoms with Crippen molar-refractivity contribution in [3.8, 4) is 11.5 Å². The van der Waals surface area contributed by atoms with Gasteiger partial charge in [-0.05, 0) is 97.8 Å². The molecule has 5 nitrogen and oxygen atoms in total. The van der Waals surface area contributed by atoms with Crippen molar-refractivity contribution in [1.82, 2.24) is 5.32 Å². The molecular formula is C34H40F3NO4. The molecule has 0 spiro atoms. The van der Waals surface area contributed by atoms with Gasteiger partial charge < -0.3 is 19.5 Å². The summed E-state index contributed by atoms with van der Waals surface area (Å²) in [5.41, 5.74) is 3.10. The number of carbonyl (C=O) groups is 1. The summed E-state index contributed by atoms with van der Waals surface area (Å²) in [6.07, 6.45) is -2.30. The molecule has 42 heavy (non-hydrogen) atoms. The number of carbonyl (C=O) groups excluding carboxylic acids is 1. The second-order valence-corrected chi connectivity index (χ2v) is 10.8. The lowest BCUT2D eigenvalue weighted by Gasteiger charge is -2.19. The van der Waals surface area contributed by atoms with E-state index in [1.54, 1.807) is 20.8 Å². The van der Waals surface area contributed by atoms with Crippen LogP contribution in [0.25, 0.3) is 11.1 Å². The minimum absolute atomic E-state index is 0.256. The standard InChI is InChI=1S/C34H40F3NO4/c1-6-8-22-40-28-17-11-25(12-18-28)31(30(7-2)24-9-15-27(16-10-24)34(35,36)37)26-13-19-29(20-14-26)41-23-21-38-32(39)42-33(3,4)5/h9-20H,6-8,21-23H2,1-5H3,(H,38,39)/b31-30-.